The summed E-state index contributed by atoms with van der Waals surface area (Å²) in [5.74, 6) is -2.48. The Kier molecular flexibility index (Phi) is 4.46. The Morgan fingerprint density at radius 3 is 2.67 bits per heavy atom. The Morgan fingerprint density at radius 2 is 2.00 bits per heavy atom. The minimum atomic E-state index is -4.49. The lowest BCUT2D eigenvalue weighted by Crippen LogP contribution is -2.54. The van der Waals surface area contributed by atoms with E-state index in [9.17, 15) is 22.8 Å². The van der Waals surface area contributed by atoms with Crippen molar-refractivity contribution in [2.45, 2.75) is 43.9 Å². The summed E-state index contributed by atoms with van der Waals surface area (Å²) in [6, 6.07) is 3.29. The van der Waals surface area contributed by atoms with Crippen LogP contribution in [0.3, 0.4) is 0 Å². The number of halogens is 4. The Hall–Kier alpha value is -1.76. The zero-order valence-electron chi connectivity index (χ0n) is 12.6. The van der Waals surface area contributed by atoms with Gasteiger partial charge in [-0.1, -0.05) is 17.7 Å². The van der Waals surface area contributed by atoms with Crippen molar-refractivity contribution in [3.63, 3.8) is 0 Å². The fraction of sp³-hybridized carbons (Fsp3) is 0.500. The van der Waals surface area contributed by atoms with E-state index in [2.05, 4.69) is 5.32 Å². The number of rotatable bonds is 2. The van der Waals surface area contributed by atoms with E-state index in [4.69, 9.17) is 11.6 Å². The summed E-state index contributed by atoms with van der Waals surface area (Å²) in [5, 5.41) is 5.30. The predicted molar refractivity (Wildman–Crippen MR) is 81.4 cm³/mol. The minimum Gasteiger partial charge on any atom is -0.349 e. The molecule has 24 heavy (non-hydrogen) atoms. The molecule has 2 amide bonds. The van der Waals surface area contributed by atoms with Crippen LogP contribution in [0.4, 0.5) is 13.2 Å². The third-order valence-electron chi connectivity index (χ3n) is 4.59. The van der Waals surface area contributed by atoms with Gasteiger partial charge < -0.3 is 10.6 Å². The highest BCUT2D eigenvalue weighted by Crippen LogP contribution is 2.34. The van der Waals surface area contributed by atoms with Gasteiger partial charge in [-0.05, 0) is 48.9 Å². The maximum absolute atomic E-state index is 12.6. The summed E-state index contributed by atoms with van der Waals surface area (Å²) >= 11 is 5.94. The number of amides is 2. The van der Waals surface area contributed by atoms with Crippen molar-refractivity contribution in [2.24, 2.45) is 5.92 Å². The first-order valence-electron chi connectivity index (χ1n) is 7.71. The Morgan fingerprint density at radius 1 is 1.25 bits per heavy atom. The Bertz CT molecular complexity index is 678. The highest BCUT2D eigenvalue weighted by atomic mass is 35.5. The number of benzene rings is 1. The molecule has 1 aromatic carbocycles. The molecule has 1 saturated heterocycles. The molecule has 2 N–H and O–H groups in total. The van der Waals surface area contributed by atoms with E-state index in [1.54, 1.807) is 6.07 Å². The van der Waals surface area contributed by atoms with Crippen LogP contribution in [0.5, 0.6) is 0 Å². The van der Waals surface area contributed by atoms with Crippen molar-refractivity contribution >= 4 is 23.4 Å². The number of piperidine rings is 1. The van der Waals surface area contributed by atoms with Crippen LogP contribution in [0.2, 0.25) is 5.02 Å². The first kappa shape index (κ1) is 17.1. The van der Waals surface area contributed by atoms with Crippen LogP contribution in [0.1, 0.15) is 36.4 Å². The summed E-state index contributed by atoms with van der Waals surface area (Å²) in [6.07, 6.45) is -3.44. The molecule has 0 radical (unpaired) electrons. The average Bonchev–Trinajstić information content (AvgIpc) is 2.88. The van der Waals surface area contributed by atoms with Crippen LogP contribution < -0.4 is 10.6 Å². The quantitative estimate of drug-likeness (QED) is 0.797. The van der Waals surface area contributed by atoms with E-state index in [1.807, 2.05) is 17.4 Å². The molecule has 3 unspecified atom stereocenters. The molecule has 1 aliphatic carbocycles. The monoisotopic (exact) mass is 360 g/mol. The van der Waals surface area contributed by atoms with E-state index >= 15 is 0 Å². The van der Waals surface area contributed by atoms with Crippen molar-refractivity contribution in [2.75, 3.05) is 0 Å². The number of carbonyl (C=O) groups is 2. The molecular formula is C16H16ClF3N2O2. The summed E-state index contributed by atoms with van der Waals surface area (Å²) in [4.78, 5) is 24.2. The van der Waals surface area contributed by atoms with E-state index in [0.29, 0.717) is 11.4 Å². The number of carbonyl (C=O) groups excluding carboxylic acids is 2. The number of alkyl halides is 3. The third kappa shape index (κ3) is 3.36. The molecule has 3 rings (SSSR count). The fourth-order valence-corrected chi connectivity index (χ4v) is 3.51. The number of fused-ring (bicyclic) bond motifs is 1. The van der Waals surface area contributed by atoms with E-state index in [1.165, 1.54) is 0 Å². The van der Waals surface area contributed by atoms with Crippen LogP contribution in [-0.2, 0) is 16.0 Å². The molecule has 2 aliphatic rings. The van der Waals surface area contributed by atoms with Gasteiger partial charge in [-0.3, -0.25) is 9.59 Å². The van der Waals surface area contributed by atoms with Gasteiger partial charge in [-0.2, -0.15) is 13.2 Å². The van der Waals surface area contributed by atoms with E-state index in [-0.39, 0.29) is 18.9 Å². The van der Waals surface area contributed by atoms with Gasteiger partial charge in [0.25, 0.3) is 0 Å². The number of hydrogen-bond donors (Lipinski definition) is 2. The zero-order valence-corrected chi connectivity index (χ0v) is 13.4. The van der Waals surface area contributed by atoms with E-state index in [0.717, 1.165) is 17.5 Å². The maximum Gasteiger partial charge on any atom is 0.408 e. The maximum atomic E-state index is 12.6. The number of hydrogen-bond acceptors (Lipinski definition) is 2. The topological polar surface area (TPSA) is 58.2 Å². The van der Waals surface area contributed by atoms with Gasteiger partial charge in [-0.15, -0.1) is 0 Å². The molecule has 130 valence electrons. The SMILES string of the molecule is O=C(NC1CCc2cc(Cl)ccc21)C1CCC(C(F)(F)F)NC1=O. The molecular weight excluding hydrogens is 345 g/mol. The molecule has 0 spiro atoms. The molecule has 1 heterocycles. The van der Waals surface area contributed by atoms with Crippen molar-refractivity contribution in [1.29, 1.82) is 0 Å². The van der Waals surface area contributed by atoms with Gasteiger partial charge >= 0.3 is 6.18 Å². The first-order chi connectivity index (χ1) is 11.3. The standard InChI is InChI=1S/C16H16ClF3N2O2/c17-9-2-3-10-8(7-9)1-5-12(10)21-14(23)11-4-6-13(16(18,19)20)22-15(11)24/h2-3,7,11-13H,1,4-6H2,(H,21,23)(H,22,24). The molecule has 0 saturated carbocycles. The summed E-state index contributed by atoms with van der Waals surface area (Å²) < 4.78 is 37.9. The smallest absolute Gasteiger partial charge is 0.349 e. The Balaban J connectivity index is 1.64. The first-order valence-corrected chi connectivity index (χ1v) is 8.09. The van der Waals surface area contributed by atoms with Gasteiger partial charge in [0.1, 0.15) is 12.0 Å². The summed E-state index contributed by atoms with van der Waals surface area (Å²) in [5.41, 5.74) is 1.98. The Labute approximate surface area is 141 Å². The summed E-state index contributed by atoms with van der Waals surface area (Å²) in [7, 11) is 0. The summed E-state index contributed by atoms with van der Waals surface area (Å²) in [6.45, 7) is 0. The molecule has 3 atom stereocenters. The minimum absolute atomic E-state index is 0.109. The highest BCUT2D eigenvalue weighted by molar-refractivity contribution is 6.30. The lowest BCUT2D eigenvalue weighted by atomic mass is 9.92. The van der Waals surface area contributed by atoms with Crippen LogP contribution in [0, 0.1) is 5.92 Å². The second-order valence-electron chi connectivity index (χ2n) is 6.18. The highest BCUT2D eigenvalue weighted by Gasteiger charge is 2.46. The van der Waals surface area contributed by atoms with Crippen LogP contribution in [-0.4, -0.2) is 24.0 Å². The third-order valence-corrected chi connectivity index (χ3v) is 4.82. The molecule has 0 aromatic heterocycles. The van der Waals surface area contributed by atoms with Crippen molar-refractivity contribution < 1.29 is 22.8 Å². The zero-order chi connectivity index (χ0) is 17.5. The number of nitrogens with one attached hydrogen (secondary N) is 2. The van der Waals surface area contributed by atoms with Gasteiger partial charge in [0.15, 0.2) is 0 Å². The second kappa shape index (κ2) is 6.27. The van der Waals surface area contributed by atoms with Crippen LogP contribution in [0.15, 0.2) is 18.2 Å². The molecule has 1 aromatic rings. The number of aryl methyl sites for hydroxylation is 1. The van der Waals surface area contributed by atoms with Crippen LogP contribution in [0.25, 0.3) is 0 Å². The normalized spacial score (nSPS) is 26.7. The lowest BCUT2D eigenvalue weighted by molar-refractivity contribution is -0.171. The van der Waals surface area contributed by atoms with Crippen LogP contribution >= 0.6 is 11.6 Å². The van der Waals surface area contributed by atoms with Crippen molar-refractivity contribution in [3.8, 4) is 0 Å². The van der Waals surface area contributed by atoms with Gasteiger partial charge in [-0.25, -0.2) is 0 Å². The molecule has 1 aliphatic heterocycles. The van der Waals surface area contributed by atoms with E-state index < -0.39 is 30.0 Å². The van der Waals surface area contributed by atoms with Gasteiger partial charge in [0.2, 0.25) is 11.8 Å². The fourth-order valence-electron chi connectivity index (χ4n) is 3.31. The predicted octanol–water partition coefficient (Wildman–Crippen LogP) is 2.90. The molecule has 4 nitrogen and oxygen atoms in total. The van der Waals surface area contributed by atoms with Crippen molar-refractivity contribution in [3.05, 3.63) is 34.3 Å². The lowest BCUT2D eigenvalue weighted by Gasteiger charge is -2.30. The van der Waals surface area contributed by atoms with Gasteiger partial charge in [0, 0.05) is 5.02 Å². The molecule has 8 heteroatoms. The average molecular weight is 361 g/mol. The van der Waals surface area contributed by atoms with Gasteiger partial charge in [0.05, 0.1) is 6.04 Å². The van der Waals surface area contributed by atoms with Crippen molar-refractivity contribution in [1.82, 2.24) is 10.6 Å². The molecule has 1 fully saturated rings. The molecule has 0 bridgehead atoms. The largest absolute Gasteiger partial charge is 0.408 e. The second-order valence-corrected chi connectivity index (χ2v) is 6.61.